The van der Waals surface area contributed by atoms with E-state index in [2.05, 4.69) is 22.0 Å². The van der Waals surface area contributed by atoms with E-state index < -0.39 is 0 Å². The van der Waals surface area contributed by atoms with Crippen molar-refractivity contribution < 1.29 is 0 Å². The lowest BCUT2D eigenvalue weighted by Crippen LogP contribution is -1.62. The fourth-order valence-electron chi connectivity index (χ4n) is 0.412. The van der Waals surface area contributed by atoms with E-state index in [0.717, 1.165) is 9.50 Å². The van der Waals surface area contributed by atoms with Crippen LogP contribution >= 0.6 is 27.5 Å². The van der Waals surface area contributed by atoms with Gasteiger partial charge in [0.2, 0.25) is 0 Å². The summed E-state index contributed by atoms with van der Waals surface area (Å²) >= 11 is 8.82. The second-order valence-electron chi connectivity index (χ2n) is 1.35. The lowest BCUT2D eigenvalue weighted by atomic mass is 10.4. The number of hydrogen-bond acceptors (Lipinski definition) is 0. The summed E-state index contributed by atoms with van der Waals surface area (Å²) in [6.45, 7) is 0. The van der Waals surface area contributed by atoms with Gasteiger partial charge in [-0.05, 0) is 18.2 Å². The van der Waals surface area contributed by atoms with Crippen molar-refractivity contribution in [1.29, 1.82) is 0 Å². The van der Waals surface area contributed by atoms with Gasteiger partial charge < -0.3 is 0 Å². The van der Waals surface area contributed by atoms with Crippen LogP contribution in [0.25, 0.3) is 0 Å². The summed E-state index contributed by atoms with van der Waals surface area (Å²) in [6, 6.07) is 8.25. The second-order valence-corrected chi connectivity index (χ2v) is 2.65. The molecular weight excluding hydrogens is 187 g/mol. The van der Waals surface area contributed by atoms with E-state index in [-0.39, 0.29) is 0 Å². The average Bonchev–Trinajstić information content (AvgIpc) is 1.64. The van der Waals surface area contributed by atoms with Gasteiger partial charge in [-0.25, -0.2) is 0 Å². The van der Waals surface area contributed by atoms with Crippen LogP contribution in [-0.4, -0.2) is 0 Å². The van der Waals surface area contributed by atoms with Crippen molar-refractivity contribution in [2.24, 2.45) is 0 Å². The van der Waals surface area contributed by atoms with E-state index in [1.54, 1.807) is 18.2 Å². The summed E-state index contributed by atoms with van der Waals surface area (Å²) in [5.41, 5.74) is 0. The Labute approximate surface area is 61.6 Å². The molecule has 0 saturated heterocycles. The number of hydrogen-bond donors (Lipinski definition) is 0. The summed E-state index contributed by atoms with van der Waals surface area (Å²) in [5.74, 6) is 0. The highest BCUT2D eigenvalue weighted by Gasteiger charge is 1.85. The highest BCUT2D eigenvalue weighted by molar-refractivity contribution is 9.10. The van der Waals surface area contributed by atoms with Gasteiger partial charge in [-0.2, -0.15) is 0 Å². The quantitative estimate of drug-likeness (QED) is 0.590. The van der Waals surface area contributed by atoms with Crippen LogP contribution in [0.3, 0.4) is 0 Å². The zero-order valence-corrected chi connectivity index (χ0v) is 6.33. The summed E-state index contributed by atoms with van der Waals surface area (Å²) in [5, 5.41) is 0.732. The highest BCUT2D eigenvalue weighted by Crippen LogP contribution is 2.14. The highest BCUT2D eigenvalue weighted by atomic mass is 79.9. The maximum absolute atomic E-state index is 5.59. The Morgan fingerprint density at radius 2 is 2.38 bits per heavy atom. The Bertz CT molecular complexity index is 168. The third kappa shape index (κ3) is 1.49. The molecule has 0 aliphatic heterocycles. The van der Waals surface area contributed by atoms with Gasteiger partial charge in [-0.1, -0.05) is 33.6 Å². The van der Waals surface area contributed by atoms with Gasteiger partial charge >= 0.3 is 0 Å². The monoisotopic (exact) mass is 189 g/mol. The first kappa shape index (κ1) is 6.12. The van der Waals surface area contributed by atoms with Crippen LogP contribution in [0.5, 0.6) is 0 Å². The summed E-state index contributed by atoms with van der Waals surface area (Å²) in [6.07, 6.45) is 0. The minimum absolute atomic E-state index is 0.732. The largest absolute Gasteiger partial charge is 0.0843 e. The van der Waals surface area contributed by atoms with Crippen LogP contribution in [0.2, 0.25) is 5.02 Å². The van der Waals surface area contributed by atoms with Crippen LogP contribution < -0.4 is 0 Å². The van der Waals surface area contributed by atoms with Crippen LogP contribution in [0.15, 0.2) is 22.7 Å². The minimum atomic E-state index is 0.732. The molecule has 1 aromatic rings. The van der Waals surface area contributed by atoms with Gasteiger partial charge in [0.05, 0.1) is 0 Å². The zero-order chi connectivity index (χ0) is 5.98. The Kier molecular flexibility index (Phi) is 1.92. The van der Waals surface area contributed by atoms with E-state index in [1.807, 2.05) is 0 Å². The van der Waals surface area contributed by atoms with Crippen LogP contribution in [0.1, 0.15) is 0 Å². The number of rotatable bonds is 0. The minimum Gasteiger partial charge on any atom is -0.0843 e. The van der Waals surface area contributed by atoms with Crippen molar-refractivity contribution in [3.8, 4) is 0 Å². The molecule has 0 nitrogen and oxygen atoms in total. The third-order valence-electron chi connectivity index (χ3n) is 0.728. The SMILES string of the molecule is Clc1cc[c]c(Br)c1. The lowest BCUT2D eigenvalue weighted by Gasteiger charge is -1.86. The number of benzene rings is 1. The third-order valence-corrected chi connectivity index (χ3v) is 1.42. The fourth-order valence-corrected chi connectivity index (χ4v) is 1.09. The van der Waals surface area contributed by atoms with Crippen molar-refractivity contribution in [2.75, 3.05) is 0 Å². The molecule has 0 aliphatic carbocycles. The van der Waals surface area contributed by atoms with E-state index in [1.165, 1.54) is 0 Å². The van der Waals surface area contributed by atoms with Gasteiger partial charge in [-0.15, -0.1) is 0 Å². The molecule has 1 radical (unpaired) electrons. The van der Waals surface area contributed by atoms with Gasteiger partial charge in [0.15, 0.2) is 0 Å². The summed E-state index contributed by atoms with van der Waals surface area (Å²) < 4.78 is 0.894. The molecule has 2 heteroatoms. The predicted octanol–water partition coefficient (Wildman–Crippen LogP) is 2.90. The molecule has 8 heavy (non-hydrogen) atoms. The molecule has 0 N–H and O–H groups in total. The molecule has 0 bridgehead atoms. The van der Waals surface area contributed by atoms with Gasteiger partial charge in [-0.3, -0.25) is 0 Å². The van der Waals surface area contributed by atoms with Gasteiger partial charge in [0.1, 0.15) is 0 Å². The first-order valence-corrected chi connectivity index (χ1v) is 3.29. The van der Waals surface area contributed by atoms with Crippen molar-refractivity contribution in [3.63, 3.8) is 0 Å². The molecule has 0 spiro atoms. The fraction of sp³-hybridized carbons (Fsp3) is 0. The normalized spacial score (nSPS) is 9.25. The molecule has 1 aromatic carbocycles. The standard InChI is InChI=1S/C6H3BrCl/c7-5-2-1-3-6(8)4-5/h1,3-4H. The molecule has 0 amide bonds. The van der Waals surface area contributed by atoms with Gasteiger partial charge in [0, 0.05) is 9.50 Å². The summed E-state index contributed by atoms with van der Waals surface area (Å²) in [7, 11) is 0. The van der Waals surface area contributed by atoms with E-state index in [4.69, 9.17) is 11.6 Å². The van der Waals surface area contributed by atoms with Crippen LogP contribution in [0.4, 0.5) is 0 Å². The molecule has 0 aliphatic rings. The Morgan fingerprint density at radius 1 is 1.62 bits per heavy atom. The zero-order valence-electron chi connectivity index (χ0n) is 3.99. The maximum atomic E-state index is 5.59. The van der Waals surface area contributed by atoms with Crippen molar-refractivity contribution in [1.82, 2.24) is 0 Å². The molecular formula is C6H3BrCl. The molecule has 1 rings (SSSR count). The Hall–Kier alpha value is -0.0100. The van der Waals surface area contributed by atoms with E-state index in [9.17, 15) is 0 Å². The second kappa shape index (κ2) is 2.51. The summed E-state index contributed by atoms with van der Waals surface area (Å²) in [4.78, 5) is 0. The topological polar surface area (TPSA) is 0 Å². The lowest BCUT2D eigenvalue weighted by molar-refractivity contribution is 1.63. The maximum Gasteiger partial charge on any atom is 0.0417 e. The van der Waals surface area contributed by atoms with Gasteiger partial charge in [0.25, 0.3) is 0 Å². The predicted molar refractivity (Wildman–Crippen MR) is 38.0 cm³/mol. The molecule has 0 fully saturated rings. The van der Waals surface area contributed by atoms with E-state index in [0.29, 0.717) is 0 Å². The van der Waals surface area contributed by atoms with E-state index >= 15 is 0 Å². The molecule has 41 valence electrons. The van der Waals surface area contributed by atoms with Crippen LogP contribution in [0, 0.1) is 6.07 Å². The number of halogens is 2. The molecule has 0 heterocycles. The Morgan fingerprint density at radius 3 is 2.75 bits per heavy atom. The van der Waals surface area contributed by atoms with Crippen molar-refractivity contribution in [2.45, 2.75) is 0 Å². The molecule has 0 saturated carbocycles. The Balaban J connectivity index is 3.08. The smallest absolute Gasteiger partial charge is 0.0417 e. The first-order valence-electron chi connectivity index (χ1n) is 2.12. The molecule has 0 atom stereocenters. The van der Waals surface area contributed by atoms with Crippen LogP contribution in [-0.2, 0) is 0 Å². The molecule has 0 aromatic heterocycles. The van der Waals surface area contributed by atoms with Crippen molar-refractivity contribution in [3.05, 3.63) is 33.8 Å². The van der Waals surface area contributed by atoms with Crippen molar-refractivity contribution >= 4 is 27.5 Å². The average molecular weight is 190 g/mol. The molecule has 0 unspecified atom stereocenters. The first-order chi connectivity index (χ1) is 3.79.